The van der Waals surface area contributed by atoms with Crippen LogP contribution in [0.5, 0.6) is 0 Å². The van der Waals surface area contributed by atoms with E-state index in [1.54, 1.807) is 0 Å². The van der Waals surface area contributed by atoms with Gasteiger partial charge in [0.15, 0.2) is 0 Å². The quantitative estimate of drug-likeness (QED) is 0.552. The van der Waals surface area contributed by atoms with Gasteiger partial charge >= 0.3 is 0 Å². The van der Waals surface area contributed by atoms with Gasteiger partial charge in [0.1, 0.15) is 0 Å². The molecule has 0 aromatic heterocycles. The van der Waals surface area contributed by atoms with Crippen LogP contribution in [-0.4, -0.2) is 37.0 Å². The molecule has 0 nitrogen and oxygen atoms in total. The van der Waals surface area contributed by atoms with Crippen molar-refractivity contribution in [3.05, 3.63) is 0 Å². The Morgan fingerprint density at radius 3 is 0.917 bits per heavy atom. The monoisotopic (exact) mass is 222 g/mol. The zero-order valence-electron chi connectivity index (χ0n) is 7.86. The minimum atomic E-state index is 1.29. The van der Waals surface area contributed by atoms with Gasteiger partial charge < -0.3 is 0 Å². The molecule has 12 heavy (non-hydrogen) atoms. The van der Waals surface area contributed by atoms with E-state index in [9.17, 15) is 0 Å². The largest absolute Gasteiger partial charge is 0.122 e. The third-order valence-electron chi connectivity index (χ3n) is 2.12. The normalized spacial score (nSPS) is 30.0. The number of hydrogen-bond donors (Lipinski definition) is 0. The topological polar surface area (TPSA) is 0 Å². The molecular formula is C9H21P3. The van der Waals surface area contributed by atoms with E-state index in [1.807, 2.05) is 0 Å². The lowest BCUT2D eigenvalue weighted by molar-refractivity contribution is 1.04. The van der Waals surface area contributed by atoms with E-state index in [4.69, 9.17) is 0 Å². The highest BCUT2D eigenvalue weighted by molar-refractivity contribution is 7.40. The highest BCUT2D eigenvalue weighted by atomic mass is 31.1. The second-order valence-corrected chi connectivity index (χ2v) is 7.81. The lowest BCUT2D eigenvalue weighted by Crippen LogP contribution is -1.90. The lowest BCUT2D eigenvalue weighted by Gasteiger charge is -2.06. The molecule has 1 fully saturated rings. The molecule has 0 radical (unpaired) electrons. The molecule has 0 spiro atoms. The minimum Gasteiger partial charge on any atom is -0.122 e. The van der Waals surface area contributed by atoms with Crippen LogP contribution in [0.15, 0.2) is 0 Å². The van der Waals surface area contributed by atoms with Crippen molar-refractivity contribution in [2.45, 2.75) is 19.3 Å². The number of hydrogen-bond acceptors (Lipinski definition) is 0. The Morgan fingerprint density at radius 2 is 0.667 bits per heavy atom. The molecule has 0 amide bonds. The van der Waals surface area contributed by atoms with Crippen LogP contribution in [0.25, 0.3) is 0 Å². The van der Waals surface area contributed by atoms with Crippen molar-refractivity contribution in [2.75, 3.05) is 37.0 Å². The molecule has 0 atom stereocenters. The molecule has 1 aliphatic heterocycles. The van der Waals surface area contributed by atoms with E-state index < -0.39 is 0 Å². The SMILES string of the molecule is C1CPCCCPCCCPC1. The Labute approximate surface area is 82.4 Å². The lowest BCUT2D eigenvalue weighted by atomic mass is 10.5. The summed E-state index contributed by atoms with van der Waals surface area (Å²) < 4.78 is 0. The summed E-state index contributed by atoms with van der Waals surface area (Å²) >= 11 is 0. The molecule has 1 saturated heterocycles. The van der Waals surface area contributed by atoms with Crippen molar-refractivity contribution in [3.8, 4) is 0 Å². The van der Waals surface area contributed by atoms with Gasteiger partial charge in [0.05, 0.1) is 0 Å². The molecule has 0 bridgehead atoms. The van der Waals surface area contributed by atoms with Crippen LogP contribution in [0.3, 0.4) is 0 Å². The van der Waals surface area contributed by atoms with Crippen LogP contribution in [0.2, 0.25) is 0 Å². The first kappa shape index (κ1) is 11.4. The summed E-state index contributed by atoms with van der Waals surface area (Å²) in [6.45, 7) is 0. The third kappa shape index (κ3) is 6.77. The Balaban J connectivity index is 2.00. The van der Waals surface area contributed by atoms with Crippen LogP contribution >= 0.6 is 25.7 Å². The van der Waals surface area contributed by atoms with E-state index in [-0.39, 0.29) is 0 Å². The molecule has 1 rings (SSSR count). The molecule has 1 heterocycles. The van der Waals surface area contributed by atoms with Gasteiger partial charge in [-0.3, -0.25) is 0 Å². The molecule has 0 aromatic rings. The first-order valence-electron chi connectivity index (χ1n) is 5.12. The van der Waals surface area contributed by atoms with Gasteiger partial charge in [0, 0.05) is 0 Å². The fourth-order valence-corrected chi connectivity index (χ4v) is 5.76. The molecule has 0 unspecified atom stereocenters. The molecule has 3 heteroatoms. The predicted molar refractivity (Wildman–Crippen MR) is 68.0 cm³/mol. The molecule has 1 aliphatic rings. The van der Waals surface area contributed by atoms with Crippen molar-refractivity contribution in [1.82, 2.24) is 0 Å². The van der Waals surface area contributed by atoms with Crippen LogP contribution in [0.1, 0.15) is 19.3 Å². The summed E-state index contributed by atoms with van der Waals surface area (Å²) in [4.78, 5) is 0. The van der Waals surface area contributed by atoms with E-state index in [2.05, 4.69) is 0 Å². The summed E-state index contributed by atoms with van der Waals surface area (Å²) in [5, 5.41) is 0. The minimum absolute atomic E-state index is 1.29. The van der Waals surface area contributed by atoms with Crippen LogP contribution in [-0.2, 0) is 0 Å². The highest BCUT2D eigenvalue weighted by Crippen LogP contribution is 2.23. The first-order valence-corrected chi connectivity index (χ1v) is 9.36. The standard InChI is InChI=1S/C9H21P3/c1-4-10-6-2-8-12-9-3-7-11-5-1/h10-12H,1-9H2. The summed E-state index contributed by atoms with van der Waals surface area (Å²) in [6.07, 6.45) is 13.8. The van der Waals surface area contributed by atoms with E-state index in [1.165, 1.54) is 82.0 Å². The van der Waals surface area contributed by atoms with E-state index >= 15 is 0 Å². The molecule has 0 aliphatic carbocycles. The average Bonchev–Trinajstić information content (AvgIpc) is 2.05. The maximum atomic E-state index is 1.54. The van der Waals surface area contributed by atoms with Gasteiger partial charge in [-0.1, -0.05) is 0 Å². The second-order valence-electron chi connectivity index (χ2n) is 3.31. The van der Waals surface area contributed by atoms with E-state index in [0.29, 0.717) is 0 Å². The molecular weight excluding hydrogens is 201 g/mol. The average molecular weight is 222 g/mol. The summed E-state index contributed by atoms with van der Waals surface area (Å²) in [5.41, 5.74) is 0. The van der Waals surface area contributed by atoms with Crippen molar-refractivity contribution >= 4 is 25.7 Å². The Hall–Kier alpha value is 1.29. The Bertz CT molecular complexity index is 52.8. The van der Waals surface area contributed by atoms with Crippen molar-refractivity contribution in [3.63, 3.8) is 0 Å². The maximum Gasteiger partial charge on any atom is -0.0350 e. The molecule has 72 valence electrons. The maximum absolute atomic E-state index is 1.54. The fourth-order valence-electron chi connectivity index (χ4n) is 1.39. The predicted octanol–water partition coefficient (Wildman–Crippen LogP) is 3.21. The van der Waals surface area contributed by atoms with Crippen molar-refractivity contribution in [1.29, 1.82) is 0 Å². The number of rotatable bonds is 0. The van der Waals surface area contributed by atoms with Crippen molar-refractivity contribution < 1.29 is 0 Å². The smallest absolute Gasteiger partial charge is 0.0350 e. The first-order chi connectivity index (χ1) is 6.00. The summed E-state index contributed by atoms with van der Waals surface area (Å²) in [6, 6.07) is 0. The third-order valence-corrected chi connectivity index (χ3v) is 6.36. The second kappa shape index (κ2) is 8.87. The van der Waals surface area contributed by atoms with Crippen LogP contribution < -0.4 is 0 Å². The van der Waals surface area contributed by atoms with Gasteiger partial charge in [0.25, 0.3) is 0 Å². The summed E-state index contributed by atoms with van der Waals surface area (Å²) in [5.74, 6) is 0. The Morgan fingerprint density at radius 1 is 0.417 bits per heavy atom. The highest BCUT2D eigenvalue weighted by Gasteiger charge is 1.95. The molecule has 0 saturated carbocycles. The summed E-state index contributed by atoms with van der Waals surface area (Å²) in [7, 11) is 3.86. The zero-order chi connectivity index (χ0) is 8.49. The fraction of sp³-hybridized carbons (Fsp3) is 1.00. The van der Waals surface area contributed by atoms with Gasteiger partial charge in [-0.2, -0.15) is 0 Å². The van der Waals surface area contributed by atoms with Crippen molar-refractivity contribution in [2.24, 2.45) is 0 Å². The van der Waals surface area contributed by atoms with Gasteiger partial charge in [-0.15, -0.1) is 25.7 Å². The van der Waals surface area contributed by atoms with Crippen LogP contribution in [0.4, 0.5) is 0 Å². The molecule has 0 aromatic carbocycles. The van der Waals surface area contributed by atoms with Crippen LogP contribution in [0, 0.1) is 0 Å². The van der Waals surface area contributed by atoms with Gasteiger partial charge in [-0.05, 0) is 56.2 Å². The van der Waals surface area contributed by atoms with Gasteiger partial charge in [-0.25, -0.2) is 0 Å². The van der Waals surface area contributed by atoms with E-state index in [0.717, 1.165) is 0 Å². The molecule has 0 N–H and O–H groups in total. The zero-order valence-corrected chi connectivity index (χ0v) is 10.9. The van der Waals surface area contributed by atoms with Gasteiger partial charge in [0.2, 0.25) is 0 Å². The Kier molecular flexibility index (Phi) is 8.40.